The van der Waals surface area contributed by atoms with Gasteiger partial charge in [-0.1, -0.05) is 0 Å². The highest BCUT2D eigenvalue weighted by Crippen LogP contribution is 2.05. The van der Waals surface area contributed by atoms with Crippen LogP contribution in [0.3, 0.4) is 0 Å². The van der Waals surface area contributed by atoms with Gasteiger partial charge in [-0.15, -0.1) is 0 Å². The lowest BCUT2D eigenvalue weighted by atomic mass is 10.1. The Labute approximate surface area is 82.3 Å². The third-order valence-corrected chi connectivity index (χ3v) is 2.46. The summed E-state index contributed by atoms with van der Waals surface area (Å²) < 4.78 is 0. The molecule has 1 atom stereocenters. The number of carbonyl (C=O) groups excluding carboxylic acids is 1. The van der Waals surface area contributed by atoms with Crippen molar-refractivity contribution in [1.29, 1.82) is 0 Å². The third-order valence-electron chi connectivity index (χ3n) is 2.46. The van der Waals surface area contributed by atoms with E-state index in [9.17, 15) is 4.79 Å². The van der Waals surface area contributed by atoms with Crippen molar-refractivity contribution in [3.8, 4) is 0 Å². The average Bonchev–Trinajstić information content (AvgIpc) is 2.87. The second-order valence-electron chi connectivity index (χ2n) is 3.53. The molecule has 1 aliphatic rings. The molecule has 76 valence electrons. The molecule has 1 unspecified atom stereocenters. The van der Waals surface area contributed by atoms with E-state index in [1.54, 1.807) is 0 Å². The minimum atomic E-state index is -0.0746. The van der Waals surface area contributed by atoms with E-state index in [1.165, 1.54) is 12.5 Å². The van der Waals surface area contributed by atoms with Gasteiger partial charge in [0.2, 0.25) is 0 Å². The van der Waals surface area contributed by atoms with Crippen LogP contribution in [0, 0.1) is 5.92 Å². The van der Waals surface area contributed by atoms with Crippen LogP contribution in [0.5, 0.6) is 0 Å². The van der Waals surface area contributed by atoms with Gasteiger partial charge in [0.15, 0.2) is 0 Å². The quantitative estimate of drug-likeness (QED) is 0.621. The first kappa shape index (κ1) is 9.21. The molecule has 0 aromatic carbocycles. The molecule has 1 amide bonds. The Balaban J connectivity index is 1.78. The summed E-state index contributed by atoms with van der Waals surface area (Å²) in [5.41, 5.74) is 0.524. The normalized spacial score (nSPS) is 21.0. The van der Waals surface area contributed by atoms with Crippen LogP contribution in [0.1, 0.15) is 16.9 Å². The standard InChI is InChI=1S/C9H14N4O/c14-9(8-5-11-6-13-8)12-4-7-1-2-10-3-7/h5-7,10H,1-4H2,(H,11,13)(H,12,14). The number of rotatable bonds is 3. The number of nitrogens with zero attached hydrogens (tertiary/aromatic N) is 1. The number of aromatic nitrogens is 2. The summed E-state index contributed by atoms with van der Waals surface area (Å²) in [6, 6.07) is 0. The smallest absolute Gasteiger partial charge is 0.269 e. The van der Waals surface area contributed by atoms with Crippen LogP contribution in [0.15, 0.2) is 12.5 Å². The van der Waals surface area contributed by atoms with Crippen molar-refractivity contribution in [3.05, 3.63) is 18.2 Å². The highest BCUT2D eigenvalue weighted by atomic mass is 16.1. The first-order valence-corrected chi connectivity index (χ1v) is 4.83. The number of nitrogens with one attached hydrogen (secondary N) is 3. The minimum absolute atomic E-state index is 0.0746. The molecule has 1 aromatic heterocycles. The molecule has 0 spiro atoms. The molecular weight excluding hydrogens is 180 g/mol. The third kappa shape index (κ3) is 2.11. The van der Waals surface area contributed by atoms with Crippen molar-refractivity contribution in [1.82, 2.24) is 20.6 Å². The lowest BCUT2D eigenvalue weighted by Crippen LogP contribution is -2.30. The van der Waals surface area contributed by atoms with E-state index in [1.807, 2.05) is 0 Å². The van der Waals surface area contributed by atoms with E-state index in [-0.39, 0.29) is 5.91 Å². The largest absolute Gasteiger partial charge is 0.350 e. The SMILES string of the molecule is O=C(NCC1CCNC1)c1cnc[nH]1. The van der Waals surface area contributed by atoms with Crippen molar-refractivity contribution in [3.63, 3.8) is 0 Å². The van der Waals surface area contributed by atoms with Gasteiger partial charge in [-0.3, -0.25) is 4.79 Å². The van der Waals surface area contributed by atoms with Crippen LogP contribution in [-0.4, -0.2) is 35.5 Å². The molecular formula is C9H14N4O. The van der Waals surface area contributed by atoms with E-state index in [0.717, 1.165) is 26.1 Å². The maximum absolute atomic E-state index is 11.5. The molecule has 3 N–H and O–H groups in total. The van der Waals surface area contributed by atoms with Crippen LogP contribution < -0.4 is 10.6 Å². The lowest BCUT2D eigenvalue weighted by Gasteiger charge is -2.08. The fourth-order valence-corrected chi connectivity index (χ4v) is 1.60. The fraction of sp³-hybridized carbons (Fsp3) is 0.556. The number of hydrogen-bond acceptors (Lipinski definition) is 3. The summed E-state index contributed by atoms with van der Waals surface area (Å²) in [5.74, 6) is 0.497. The fourth-order valence-electron chi connectivity index (χ4n) is 1.60. The van der Waals surface area contributed by atoms with E-state index in [0.29, 0.717) is 11.6 Å². The van der Waals surface area contributed by atoms with Crippen molar-refractivity contribution in [2.24, 2.45) is 5.92 Å². The molecule has 1 aliphatic heterocycles. The Kier molecular flexibility index (Phi) is 2.78. The number of H-pyrrole nitrogens is 1. The first-order chi connectivity index (χ1) is 6.86. The number of carbonyl (C=O) groups is 1. The second kappa shape index (κ2) is 4.23. The molecule has 5 nitrogen and oxygen atoms in total. The molecule has 2 rings (SSSR count). The summed E-state index contributed by atoms with van der Waals surface area (Å²) in [6.45, 7) is 2.80. The zero-order chi connectivity index (χ0) is 9.80. The van der Waals surface area contributed by atoms with Crippen LogP contribution >= 0.6 is 0 Å². The van der Waals surface area contributed by atoms with Gasteiger partial charge in [-0.05, 0) is 25.4 Å². The molecule has 14 heavy (non-hydrogen) atoms. The monoisotopic (exact) mass is 194 g/mol. The number of imidazole rings is 1. The molecule has 1 fully saturated rings. The summed E-state index contributed by atoms with van der Waals surface area (Å²) in [4.78, 5) is 18.0. The molecule has 1 saturated heterocycles. The van der Waals surface area contributed by atoms with E-state index in [4.69, 9.17) is 0 Å². The van der Waals surface area contributed by atoms with Gasteiger partial charge in [-0.25, -0.2) is 4.98 Å². The lowest BCUT2D eigenvalue weighted by molar-refractivity contribution is 0.0943. The van der Waals surface area contributed by atoms with Crippen LogP contribution in [0.2, 0.25) is 0 Å². The number of hydrogen-bond donors (Lipinski definition) is 3. The van der Waals surface area contributed by atoms with Crippen molar-refractivity contribution in [2.45, 2.75) is 6.42 Å². The van der Waals surface area contributed by atoms with E-state index >= 15 is 0 Å². The molecule has 0 saturated carbocycles. The summed E-state index contributed by atoms with van der Waals surface area (Å²) in [7, 11) is 0. The molecule has 0 radical (unpaired) electrons. The Bertz CT molecular complexity index is 290. The average molecular weight is 194 g/mol. The van der Waals surface area contributed by atoms with Gasteiger partial charge in [0.1, 0.15) is 5.69 Å². The maximum Gasteiger partial charge on any atom is 0.269 e. The highest BCUT2D eigenvalue weighted by Gasteiger charge is 2.15. The molecule has 0 bridgehead atoms. The number of amides is 1. The van der Waals surface area contributed by atoms with Crippen LogP contribution in [0.25, 0.3) is 0 Å². The Morgan fingerprint density at radius 1 is 1.71 bits per heavy atom. The topological polar surface area (TPSA) is 69.8 Å². The van der Waals surface area contributed by atoms with Crippen molar-refractivity contribution in [2.75, 3.05) is 19.6 Å². The predicted molar refractivity (Wildman–Crippen MR) is 51.9 cm³/mol. The zero-order valence-corrected chi connectivity index (χ0v) is 7.92. The van der Waals surface area contributed by atoms with Gasteiger partial charge >= 0.3 is 0 Å². The zero-order valence-electron chi connectivity index (χ0n) is 7.92. The summed E-state index contributed by atoms with van der Waals surface area (Å²) in [5, 5.41) is 6.14. The summed E-state index contributed by atoms with van der Waals surface area (Å²) >= 11 is 0. The van der Waals surface area contributed by atoms with E-state index in [2.05, 4.69) is 20.6 Å². The molecule has 1 aromatic rings. The minimum Gasteiger partial charge on any atom is -0.350 e. The van der Waals surface area contributed by atoms with Gasteiger partial charge in [0.05, 0.1) is 12.5 Å². The maximum atomic E-state index is 11.5. The van der Waals surface area contributed by atoms with Gasteiger partial charge in [0, 0.05) is 6.54 Å². The van der Waals surface area contributed by atoms with Gasteiger partial charge in [0.25, 0.3) is 5.91 Å². The molecule has 0 aliphatic carbocycles. The van der Waals surface area contributed by atoms with E-state index < -0.39 is 0 Å². The molecule has 5 heteroatoms. The second-order valence-corrected chi connectivity index (χ2v) is 3.53. The Morgan fingerprint density at radius 3 is 3.29 bits per heavy atom. The Morgan fingerprint density at radius 2 is 2.64 bits per heavy atom. The Hall–Kier alpha value is -1.36. The van der Waals surface area contributed by atoms with Crippen LogP contribution in [0.4, 0.5) is 0 Å². The van der Waals surface area contributed by atoms with Crippen molar-refractivity contribution < 1.29 is 4.79 Å². The van der Waals surface area contributed by atoms with Gasteiger partial charge < -0.3 is 15.6 Å². The number of aromatic amines is 1. The molecule has 2 heterocycles. The first-order valence-electron chi connectivity index (χ1n) is 4.83. The summed E-state index contributed by atoms with van der Waals surface area (Å²) in [6.07, 6.45) is 4.18. The highest BCUT2D eigenvalue weighted by molar-refractivity contribution is 5.91. The van der Waals surface area contributed by atoms with Crippen LogP contribution in [-0.2, 0) is 0 Å². The van der Waals surface area contributed by atoms with Gasteiger partial charge in [-0.2, -0.15) is 0 Å². The predicted octanol–water partition coefficient (Wildman–Crippen LogP) is -0.251. The van der Waals surface area contributed by atoms with Crippen molar-refractivity contribution >= 4 is 5.91 Å².